The van der Waals surface area contributed by atoms with E-state index in [1.54, 1.807) is 37.3 Å². The minimum atomic E-state index is -0.599. The maximum Gasteiger partial charge on any atom is 0.239 e. The van der Waals surface area contributed by atoms with E-state index < -0.39 is 12.1 Å². The third-order valence-electron chi connectivity index (χ3n) is 4.31. The molecule has 1 aliphatic heterocycles. The van der Waals surface area contributed by atoms with Gasteiger partial charge >= 0.3 is 0 Å². The highest BCUT2D eigenvalue weighted by atomic mass is 35.5. The molecule has 2 aromatic rings. The second kappa shape index (κ2) is 8.01. The standard InChI is InChI=1S/C19H18Cl2N2O2S/c1-11(18(24)12-6-4-3-5-7-12)22-19(25)16-9-13-8-14(20)15(21)10-17(13)26-23(16)2/h3-8,10-11,16H,9H2,1-2H3,(H,22,25)/t11-,16?/m0/s1. The zero-order valence-corrected chi connectivity index (χ0v) is 16.7. The highest BCUT2D eigenvalue weighted by Crippen LogP contribution is 2.38. The molecular formula is C19H18Cl2N2O2S. The summed E-state index contributed by atoms with van der Waals surface area (Å²) in [5, 5.41) is 3.80. The van der Waals surface area contributed by atoms with Crippen molar-refractivity contribution in [3.63, 3.8) is 0 Å². The van der Waals surface area contributed by atoms with Crippen LogP contribution in [0.15, 0.2) is 47.4 Å². The number of nitrogens with zero attached hydrogens (tertiary/aromatic N) is 1. The van der Waals surface area contributed by atoms with Crippen molar-refractivity contribution in [1.29, 1.82) is 0 Å². The van der Waals surface area contributed by atoms with Gasteiger partial charge < -0.3 is 5.32 Å². The summed E-state index contributed by atoms with van der Waals surface area (Å²) in [7, 11) is 1.85. The first kappa shape index (κ1) is 19.2. The fraction of sp³-hybridized carbons (Fsp3) is 0.263. The molecule has 0 aliphatic carbocycles. The summed E-state index contributed by atoms with van der Waals surface area (Å²) in [5.41, 5.74) is 1.56. The number of carbonyl (C=O) groups excluding carboxylic acids is 2. The molecule has 26 heavy (non-hydrogen) atoms. The van der Waals surface area contributed by atoms with Crippen molar-refractivity contribution in [1.82, 2.24) is 9.62 Å². The van der Waals surface area contributed by atoms with Crippen molar-refractivity contribution in [3.8, 4) is 0 Å². The molecule has 1 heterocycles. The molecular weight excluding hydrogens is 391 g/mol. The van der Waals surface area contributed by atoms with Crippen molar-refractivity contribution in [3.05, 3.63) is 63.6 Å². The molecule has 0 fully saturated rings. The van der Waals surface area contributed by atoms with Gasteiger partial charge in [-0.25, -0.2) is 4.31 Å². The van der Waals surface area contributed by atoms with E-state index in [4.69, 9.17) is 23.2 Å². The minimum absolute atomic E-state index is 0.111. The van der Waals surface area contributed by atoms with Crippen LogP contribution in [0.25, 0.3) is 0 Å². The lowest BCUT2D eigenvalue weighted by Crippen LogP contribution is -2.50. The Morgan fingerprint density at radius 2 is 1.85 bits per heavy atom. The van der Waals surface area contributed by atoms with Gasteiger partial charge in [-0.1, -0.05) is 53.5 Å². The minimum Gasteiger partial charge on any atom is -0.345 e. The van der Waals surface area contributed by atoms with Crippen molar-refractivity contribution in [2.45, 2.75) is 30.3 Å². The second-order valence-electron chi connectivity index (χ2n) is 6.19. The first-order valence-electron chi connectivity index (χ1n) is 8.15. The smallest absolute Gasteiger partial charge is 0.239 e. The van der Waals surface area contributed by atoms with Crippen molar-refractivity contribution in [2.24, 2.45) is 0 Å². The molecule has 0 radical (unpaired) electrons. The third kappa shape index (κ3) is 4.07. The number of ketones is 1. The van der Waals surface area contributed by atoms with Crippen molar-refractivity contribution < 1.29 is 9.59 Å². The van der Waals surface area contributed by atoms with E-state index in [2.05, 4.69) is 5.32 Å². The summed E-state index contributed by atoms with van der Waals surface area (Å²) in [6, 6.07) is 11.6. The van der Waals surface area contributed by atoms with Gasteiger partial charge in [-0.3, -0.25) is 9.59 Å². The van der Waals surface area contributed by atoms with Gasteiger partial charge in [0.2, 0.25) is 5.91 Å². The number of halogens is 2. The highest BCUT2D eigenvalue weighted by molar-refractivity contribution is 7.97. The second-order valence-corrected chi connectivity index (χ2v) is 8.20. The molecule has 0 saturated heterocycles. The number of rotatable bonds is 4. The Kier molecular flexibility index (Phi) is 5.92. The molecule has 0 spiro atoms. The van der Waals surface area contributed by atoms with E-state index in [0.29, 0.717) is 22.0 Å². The van der Waals surface area contributed by atoms with Gasteiger partial charge in [0, 0.05) is 10.5 Å². The molecule has 1 unspecified atom stereocenters. The average Bonchev–Trinajstić information content (AvgIpc) is 2.62. The molecule has 1 amide bonds. The van der Waals surface area contributed by atoms with Crippen LogP contribution in [0.2, 0.25) is 10.0 Å². The Hall–Kier alpha value is -1.53. The Morgan fingerprint density at radius 1 is 1.19 bits per heavy atom. The van der Waals surface area contributed by atoms with E-state index in [1.807, 2.05) is 23.5 Å². The van der Waals surface area contributed by atoms with Gasteiger partial charge in [0.05, 0.1) is 16.1 Å². The van der Waals surface area contributed by atoms with Gasteiger partial charge in [-0.2, -0.15) is 0 Å². The molecule has 0 aromatic heterocycles. The maximum atomic E-state index is 12.7. The Morgan fingerprint density at radius 3 is 2.54 bits per heavy atom. The molecule has 7 heteroatoms. The van der Waals surface area contributed by atoms with Crippen LogP contribution in [-0.4, -0.2) is 35.1 Å². The van der Waals surface area contributed by atoms with E-state index >= 15 is 0 Å². The molecule has 0 bridgehead atoms. The van der Waals surface area contributed by atoms with E-state index in [-0.39, 0.29) is 11.7 Å². The van der Waals surface area contributed by atoms with Gasteiger partial charge in [-0.15, -0.1) is 0 Å². The molecule has 1 aliphatic rings. The average molecular weight is 409 g/mol. The number of likely N-dealkylation sites (N-methyl/N-ethyl adjacent to an activating group) is 1. The summed E-state index contributed by atoms with van der Waals surface area (Å²) in [6.45, 7) is 1.70. The monoisotopic (exact) mass is 408 g/mol. The number of hydrogen-bond acceptors (Lipinski definition) is 4. The van der Waals surface area contributed by atoms with Crippen LogP contribution < -0.4 is 5.32 Å². The fourth-order valence-electron chi connectivity index (χ4n) is 2.86. The lowest BCUT2D eigenvalue weighted by atomic mass is 10.0. The summed E-state index contributed by atoms with van der Waals surface area (Å²) < 4.78 is 1.88. The third-order valence-corrected chi connectivity index (χ3v) is 6.15. The topological polar surface area (TPSA) is 49.4 Å². The normalized spacial score (nSPS) is 18.1. The number of amides is 1. The molecule has 3 rings (SSSR count). The molecule has 136 valence electrons. The Balaban J connectivity index is 1.71. The van der Waals surface area contributed by atoms with Crippen LogP contribution in [-0.2, 0) is 11.2 Å². The van der Waals surface area contributed by atoms with Crippen molar-refractivity contribution in [2.75, 3.05) is 7.05 Å². The molecule has 1 N–H and O–H groups in total. The first-order valence-corrected chi connectivity index (χ1v) is 9.68. The molecule has 2 atom stereocenters. The summed E-state index contributed by atoms with van der Waals surface area (Å²) in [5.74, 6) is -0.297. The summed E-state index contributed by atoms with van der Waals surface area (Å²) in [4.78, 5) is 26.2. The number of carbonyl (C=O) groups is 2. The van der Waals surface area contributed by atoms with Crippen LogP contribution in [0.5, 0.6) is 0 Å². The van der Waals surface area contributed by atoms with Gasteiger partial charge in [0.25, 0.3) is 0 Å². The number of Topliss-reactive ketones (excluding diaryl/α,β-unsaturated/α-hetero) is 1. The van der Waals surface area contributed by atoms with E-state index in [1.165, 1.54) is 11.9 Å². The lowest BCUT2D eigenvalue weighted by molar-refractivity contribution is -0.124. The Bertz CT molecular complexity index is 845. The number of hydrogen-bond donors (Lipinski definition) is 1. The predicted octanol–water partition coefficient (Wildman–Crippen LogP) is 4.24. The SMILES string of the molecule is C[C@H](NC(=O)C1Cc2cc(Cl)c(Cl)cc2SN1C)C(=O)c1ccccc1. The lowest BCUT2D eigenvalue weighted by Gasteiger charge is -2.32. The zero-order chi connectivity index (χ0) is 18.8. The van der Waals surface area contributed by atoms with Crippen LogP contribution in [0, 0.1) is 0 Å². The van der Waals surface area contributed by atoms with E-state index in [0.717, 1.165) is 10.5 Å². The fourth-order valence-corrected chi connectivity index (χ4v) is 4.31. The molecule has 0 saturated carbocycles. The first-order chi connectivity index (χ1) is 12.4. The van der Waals surface area contributed by atoms with Gasteiger partial charge in [0.1, 0.15) is 6.04 Å². The summed E-state index contributed by atoms with van der Waals surface area (Å²) in [6.07, 6.45) is 0.508. The van der Waals surface area contributed by atoms with E-state index in [9.17, 15) is 9.59 Å². The Labute approximate surface area is 167 Å². The van der Waals surface area contributed by atoms with Crippen molar-refractivity contribution >= 4 is 46.8 Å². The molecule has 2 aromatic carbocycles. The number of benzene rings is 2. The van der Waals surface area contributed by atoms with Crippen LogP contribution >= 0.6 is 35.1 Å². The van der Waals surface area contributed by atoms with Crippen LogP contribution in [0.4, 0.5) is 0 Å². The van der Waals surface area contributed by atoms with Gasteiger partial charge in [0.15, 0.2) is 5.78 Å². The summed E-state index contributed by atoms with van der Waals surface area (Å²) >= 11 is 13.6. The van der Waals surface area contributed by atoms with Gasteiger partial charge in [-0.05, 0) is 50.0 Å². The zero-order valence-electron chi connectivity index (χ0n) is 14.3. The highest BCUT2D eigenvalue weighted by Gasteiger charge is 2.32. The largest absolute Gasteiger partial charge is 0.345 e. The predicted molar refractivity (Wildman–Crippen MR) is 106 cm³/mol. The quantitative estimate of drug-likeness (QED) is 0.606. The molecule has 4 nitrogen and oxygen atoms in total. The number of fused-ring (bicyclic) bond motifs is 1. The van der Waals surface area contributed by atoms with Crippen LogP contribution in [0.1, 0.15) is 22.8 Å². The van der Waals surface area contributed by atoms with Crippen LogP contribution in [0.3, 0.4) is 0 Å². The maximum absolute atomic E-state index is 12.7. The number of nitrogens with one attached hydrogen (secondary N) is 1.